The van der Waals surface area contributed by atoms with Crippen LogP contribution in [0.25, 0.3) is 0 Å². The summed E-state index contributed by atoms with van der Waals surface area (Å²) < 4.78 is 157. The number of hydrogen-bond acceptors (Lipinski definition) is 25. The number of carbonyl (C=O) groups excluding carboxylic acids is 3. The Bertz CT molecular complexity index is 4890. The highest BCUT2D eigenvalue weighted by Gasteiger charge is 2.80. The van der Waals surface area contributed by atoms with Gasteiger partial charge in [0.15, 0.2) is 49.1 Å². The molecule has 736 valence electrons. The predicted molar refractivity (Wildman–Crippen MR) is 503 cm³/mol. The molecule has 31 atom stereocenters. The maximum Gasteiger partial charge on any atom is 0.318 e. The zero-order valence-corrected chi connectivity index (χ0v) is 81.2. The highest BCUT2D eigenvalue weighted by atomic mass is 16.8. The number of ether oxygens (including phenoxy) is 22. The molecular weight excluding hydrogens is 1730 g/mol. The molecule has 31 unspecified atom stereocenters. The summed E-state index contributed by atoms with van der Waals surface area (Å²) in [7, 11) is 4.12. The summed E-state index contributed by atoms with van der Waals surface area (Å²) in [6.07, 6.45) is -6.12. The molecule has 25 nitrogen and oxygen atoms in total. The Hall–Kier alpha value is -8.39. The third-order valence-electron chi connectivity index (χ3n) is 29.6. The Morgan fingerprint density at radius 1 is 0.338 bits per heavy atom. The summed E-state index contributed by atoms with van der Waals surface area (Å²) in [5.41, 5.74) is 7.26. The van der Waals surface area contributed by atoms with Gasteiger partial charge in [0.1, 0.15) is 42.2 Å². The van der Waals surface area contributed by atoms with Gasteiger partial charge in [0.05, 0.1) is 116 Å². The number of allylic oxidation sites excluding steroid dienone is 1. The minimum absolute atomic E-state index is 0.0447. The Morgan fingerprint density at radius 2 is 0.647 bits per heavy atom. The van der Waals surface area contributed by atoms with Crippen LogP contribution in [-0.2, 0) is 165 Å². The minimum Gasteiger partial charge on any atom is -0.469 e. The minimum atomic E-state index is -1.71. The Balaban J connectivity index is 0.716. The molecule has 0 N–H and O–H groups in total. The maximum atomic E-state index is 15.4. The summed E-state index contributed by atoms with van der Waals surface area (Å²) in [6.45, 7) is 22.6. The third kappa shape index (κ3) is 21.3. The molecule has 136 heavy (non-hydrogen) atoms. The molecule has 9 aliphatic rings. The van der Waals surface area contributed by atoms with E-state index in [0.29, 0.717) is 71.0 Å². The molecular formula is C111H142O25. The van der Waals surface area contributed by atoms with E-state index in [9.17, 15) is 4.79 Å². The van der Waals surface area contributed by atoms with Crippen molar-refractivity contribution < 1.29 is 119 Å². The van der Waals surface area contributed by atoms with Crippen LogP contribution in [0.3, 0.4) is 0 Å². The third-order valence-corrected chi connectivity index (χ3v) is 29.6. The van der Waals surface area contributed by atoms with Crippen molar-refractivity contribution in [1.82, 2.24) is 0 Å². The van der Waals surface area contributed by atoms with Crippen LogP contribution in [-0.4, -0.2) is 168 Å². The fourth-order valence-corrected chi connectivity index (χ4v) is 22.4. The first kappa shape index (κ1) is 101. The Labute approximate surface area is 802 Å². The standard InChI is InChI=1S/C111H142O25/c1-14-21-60-118-103-69(8)91(119-62-72-46-29-22-30-47-72)96(83(126-103)43-15-2)130-107-80(19-6)86-99(90(102(114)117-13)110(86,135-107)124-67-77-56-39-27-40-57-77)133-105-71(10)93(121-64-74-50-33-24-34-51-74)97(85(128-105)45-17-4)131-108-81(20-7)87-98(89(101(113)116-12)111(87,136-108)125-68-78-58-41-28-42-59-78)132-104-70(9)92(120-63-73-48-31-23-32-49-73)95(84(127-104)44-16-3)129-106-79(18-5)61-82-94(122-65-75-52-35-25-36-53-75)88(100(112)115-11)109(82,134-106)123-66-76-54-37-26-38-55-76/h22-42,46-59,69-71,80-99,103-105,107-108H,14-21,43-45,60-68H2,1-13H3. The van der Waals surface area contributed by atoms with E-state index in [2.05, 4.69) is 67.5 Å². The molecule has 7 aromatic rings. The van der Waals surface area contributed by atoms with E-state index >= 15 is 9.59 Å². The Morgan fingerprint density at radius 3 is 0.985 bits per heavy atom. The highest BCUT2D eigenvalue weighted by molar-refractivity contribution is 5.78. The zero-order chi connectivity index (χ0) is 95.0. The van der Waals surface area contributed by atoms with Crippen LogP contribution in [0.4, 0.5) is 0 Å². The van der Waals surface area contributed by atoms with Gasteiger partial charge in [-0.1, -0.05) is 307 Å². The first-order valence-corrected chi connectivity index (χ1v) is 49.9. The van der Waals surface area contributed by atoms with Crippen LogP contribution in [0.15, 0.2) is 224 Å². The number of methoxy groups -OCH3 is 3. The molecule has 0 aromatic heterocycles. The summed E-state index contributed by atoms with van der Waals surface area (Å²) in [5.74, 6) is -14.1. The molecule has 25 heteroatoms. The molecule has 3 saturated carbocycles. The molecule has 3 aliphatic carbocycles. The lowest BCUT2D eigenvalue weighted by molar-refractivity contribution is -0.411. The monoisotopic (exact) mass is 1870 g/mol. The largest absolute Gasteiger partial charge is 0.469 e. The SMILES string of the molecule is CCCCOC1OC(CCC)C(OC2OC3(OCc4ccccc4)C(C(=O)OC)C(OC4OC(CCC)C(OC5OC6(OCc7ccccc7)C(C(=O)OC)C(OC7OC(CCC)C(OC8=C(CC)CC9C(OCc%10ccccc%10)C(C(=O)OC)C9(OCc9ccccc9)O8)C(OCc8ccccc8)C7C)C6C5CC)C(OCc5ccccc5)C4C)C3C2CC)C(OCc2ccccc2)C1C. The predicted octanol–water partition coefficient (Wildman–Crippen LogP) is 19.4. The fourth-order valence-electron chi connectivity index (χ4n) is 22.4. The zero-order valence-electron chi connectivity index (χ0n) is 81.2. The van der Waals surface area contributed by atoms with E-state index in [1.54, 1.807) is 0 Å². The van der Waals surface area contributed by atoms with Crippen molar-refractivity contribution in [3.63, 3.8) is 0 Å². The molecule has 0 radical (unpaired) electrons. The molecule has 0 amide bonds. The van der Waals surface area contributed by atoms with E-state index in [-0.39, 0.29) is 51.5 Å². The molecule has 8 fully saturated rings. The van der Waals surface area contributed by atoms with Gasteiger partial charge in [-0.2, -0.15) is 0 Å². The number of hydrogen-bond donors (Lipinski definition) is 0. The topological polar surface area (TPSA) is 254 Å². The first-order valence-electron chi connectivity index (χ1n) is 49.9. The van der Waals surface area contributed by atoms with E-state index in [1.807, 2.05) is 214 Å². The molecule has 0 spiro atoms. The van der Waals surface area contributed by atoms with Gasteiger partial charge in [-0.25, -0.2) is 0 Å². The van der Waals surface area contributed by atoms with Crippen molar-refractivity contribution in [3.05, 3.63) is 263 Å². The summed E-state index contributed by atoms with van der Waals surface area (Å²) in [6, 6.07) is 69.4. The van der Waals surface area contributed by atoms with Crippen molar-refractivity contribution >= 4 is 17.9 Å². The van der Waals surface area contributed by atoms with Gasteiger partial charge in [0, 0.05) is 53.6 Å². The van der Waals surface area contributed by atoms with Crippen LogP contribution >= 0.6 is 0 Å². The summed E-state index contributed by atoms with van der Waals surface area (Å²) in [5, 5.41) is 0. The van der Waals surface area contributed by atoms with Crippen molar-refractivity contribution in [2.75, 3.05) is 27.9 Å². The fraction of sp³-hybridized carbons (Fsp3) is 0.577. The normalized spacial score (nSPS) is 34.9. The second-order valence-corrected chi connectivity index (χ2v) is 38.1. The van der Waals surface area contributed by atoms with Crippen LogP contribution < -0.4 is 0 Å². The quantitative estimate of drug-likeness (QED) is 0.0195. The summed E-state index contributed by atoms with van der Waals surface area (Å²) in [4.78, 5) is 45.2. The van der Waals surface area contributed by atoms with Crippen molar-refractivity contribution in [3.8, 4) is 0 Å². The molecule has 7 aromatic carbocycles. The summed E-state index contributed by atoms with van der Waals surface area (Å²) >= 11 is 0. The average Bonchev–Trinajstić information content (AvgIpc) is 1.46. The molecule has 0 bridgehead atoms. The van der Waals surface area contributed by atoms with Gasteiger partial charge in [-0.3, -0.25) is 14.4 Å². The van der Waals surface area contributed by atoms with Gasteiger partial charge in [-0.05, 0) is 90.3 Å². The van der Waals surface area contributed by atoms with Crippen molar-refractivity contribution in [1.29, 1.82) is 0 Å². The van der Waals surface area contributed by atoms with Crippen LogP contribution in [0, 0.1) is 65.1 Å². The van der Waals surface area contributed by atoms with Crippen LogP contribution in [0.2, 0.25) is 0 Å². The number of fused-ring (bicyclic) bond motifs is 3. The van der Waals surface area contributed by atoms with Gasteiger partial charge in [0.25, 0.3) is 5.95 Å². The lowest BCUT2D eigenvalue weighted by Crippen LogP contribution is -2.72. The average molecular weight is 1880 g/mol. The number of benzene rings is 7. The van der Waals surface area contributed by atoms with Crippen LogP contribution in [0.5, 0.6) is 0 Å². The second kappa shape index (κ2) is 46.8. The van der Waals surface area contributed by atoms with E-state index in [0.717, 1.165) is 63.8 Å². The van der Waals surface area contributed by atoms with Gasteiger partial charge >= 0.3 is 17.9 Å². The molecule has 5 saturated heterocycles. The second-order valence-electron chi connectivity index (χ2n) is 38.1. The van der Waals surface area contributed by atoms with Gasteiger partial charge < -0.3 is 104 Å². The smallest absolute Gasteiger partial charge is 0.318 e. The van der Waals surface area contributed by atoms with Crippen molar-refractivity contribution in [2.24, 2.45) is 65.1 Å². The first-order chi connectivity index (χ1) is 66.4. The molecule has 6 aliphatic heterocycles. The van der Waals surface area contributed by atoms with Gasteiger partial charge in [-0.15, -0.1) is 0 Å². The van der Waals surface area contributed by atoms with Crippen molar-refractivity contribution in [2.45, 2.75) is 315 Å². The number of carbonyl (C=O) groups is 3. The van der Waals surface area contributed by atoms with Gasteiger partial charge in [0.2, 0.25) is 5.79 Å². The maximum absolute atomic E-state index is 15.4. The Kier molecular flexibility index (Phi) is 34.6. The van der Waals surface area contributed by atoms with E-state index in [4.69, 9.17) is 104 Å². The lowest BCUT2D eigenvalue weighted by Gasteiger charge is -2.59. The molecule has 16 rings (SSSR count). The highest BCUT2D eigenvalue weighted by Crippen LogP contribution is 2.65. The number of esters is 3. The van der Waals surface area contributed by atoms with E-state index < -0.39 is 199 Å². The molecule has 6 heterocycles. The lowest BCUT2D eigenvalue weighted by atomic mass is 9.61. The number of rotatable bonds is 47. The van der Waals surface area contributed by atoms with E-state index in [1.165, 1.54) is 21.3 Å². The number of unbranched alkanes of at least 4 members (excludes halogenated alkanes) is 1. The van der Waals surface area contributed by atoms with Crippen LogP contribution in [0.1, 0.15) is 185 Å².